The van der Waals surface area contributed by atoms with Crippen molar-refractivity contribution in [1.82, 2.24) is 0 Å². The summed E-state index contributed by atoms with van der Waals surface area (Å²) in [6.45, 7) is 0. The highest BCUT2D eigenvalue weighted by atomic mass is 15.2. The molecule has 0 radical (unpaired) electrons. The highest BCUT2D eigenvalue weighted by Gasteiger charge is 2.21. The Labute approximate surface area is 331 Å². The molecule has 7 aromatic carbocycles. The Morgan fingerprint density at radius 3 is 1.21 bits per heavy atom. The van der Waals surface area contributed by atoms with E-state index >= 15 is 0 Å². The number of hydrogen-bond donors (Lipinski definition) is 0. The molecule has 0 N–H and O–H groups in total. The number of anilines is 5. The second-order valence-corrected chi connectivity index (χ2v) is 14.5. The fourth-order valence-corrected chi connectivity index (χ4v) is 8.00. The minimum atomic E-state index is 0.415. The molecule has 1 atom stereocenters. The summed E-state index contributed by atoms with van der Waals surface area (Å²) in [4.78, 5) is 4.74. The molecule has 0 saturated heterocycles. The zero-order valence-corrected chi connectivity index (χ0v) is 31.5. The molecular weight excluding hydrogens is 677 g/mol. The van der Waals surface area contributed by atoms with Gasteiger partial charge in [-0.3, -0.25) is 0 Å². The largest absolute Gasteiger partial charge is 0.314 e. The van der Waals surface area contributed by atoms with Gasteiger partial charge in [0, 0.05) is 40.1 Å². The van der Waals surface area contributed by atoms with Crippen LogP contribution >= 0.6 is 0 Å². The van der Waals surface area contributed by atoms with E-state index in [9.17, 15) is 0 Å². The van der Waals surface area contributed by atoms with Gasteiger partial charge in [0.1, 0.15) is 0 Å². The minimum absolute atomic E-state index is 0.415. The summed E-state index contributed by atoms with van der Waals surface area (Å²) in [6.07, 6.45) is 14.9. The van der Waals surface area contributed by atoms with Crippen molar-refractivity contribution in [1.29, 1.82) is 0 Å². The van der Waals surface area contributed by atoms with Gasteiger partial charge in [-0.2, -0.15) is 0 Å². The molecule has 0 aliphatic heterocycles. The smallest absolute Gasteiger partial charge is 0.0462 e. The van der Waals surface area contributed by atoms with Gasteiger partial charge in [0.05, 0.1) is 0 Å². The van der Waals surface area contributed by atoms with Crippen LogP contribution < -0.4 is 9.80 Å². The van der Waals surface area contributed by atoms with Crippen LogP contribution in [0.25, 0.3) is 27.8 Å². The van der Waals surface area contributed by atoms with Crippen molar-refractivity contribution in [3.63, 3.8) is 0 Å². The first-order chi connectivity index (χ1) is 27.8. The van der Waals surface area contributed by atoms with E-state index in [1.807, 2.05) is 0 Å². The van der Waals surface area contributed by atoms with Crippen molar-refractivity contribution in [3.05, 3.63) is 241 Å². The molecule has 1 unspecified atom stereocenters. The molecule has 0 bridgehead atoms. The molecule has 0 saturated carbocycles. The molecule has 2 aliphatic rings. The standard InChI is InChI=1S/C54H44N2/c1-5-13-41(14-6-1)45-25-33-51(34-26-45)55(49-17-9-3-10-18-49)53-37-29-47(30-38-53)43-21-23-44(24-22-43)48-31-39-54(40-32-48)56(50-19-11-4-12-20-50)52-35-27-46(28-36-52)42-15-7-2-8-16-42/h1-23,25-31,33-39,44H,24,32,40H2. The number of benzene rings is 7. The minimum Gasteiger partial charge on any atom is -0.314 e. The predicted molar refractivity (Wildman–Crippen MR) is 238 cm³/mol. The van der Waals surface area contributed by atoms with Crippen LogP contribution in [0, 0.1) is 5.92 Å². The summed E-state index contributed by atoms with van der Waals surface area (Å²) in [6, 6.07) is 69.4. The number of para-hydroxylation sites is 2. The third-order valence-electron chi connectivity index (χ3n) is 11.0. The lowest BCUT2D eigenvalue weighted by Crippen LogP contribution is -2.19. The Hall–Kier alpha value is -6.90. The first kappa shape index (κ1) is 34.8. The SMILES string of the molecule is C1=CC(C2=CC=C(N(c3ccccc3)c3ccc(-c4ccccc4)cc3)CC2)CC=C1c1ccc(N(c2ccccc2)c2ccc(-c3ccccc3)cc2)cc1. The van der Waals surface area contributed by atoms with E-state index in [0.29, 0.717) is 5.92 Å². The van der Waals surface area contributed by atoms with Crippen LogP contribution in [0.4, 0.5) is 28.4 Å². The Kier molecular flexibility index (Phi) is 10.1. The van der Waals surface area contributed by atoms with Crippen molar-refractivity contribution in [2.45, 2.75) is 19.3 Å². The summed E-state index contributed by atoms with van der Waals surface area (Å²) >= 11 is 0. The van der Waals surface area contributed by atoms with Crippen LogP contribution in [0.3, 0.4) is 0 Å². The van der Waals surface area contributed by atoms with Gasteiger partial charge in [-0.15, -0.1) is 0 Å². The Morgan fingerprint density at radius 2 is 0.768 bits per heavy atom. The van der Waals surface area contributed by atoms with Crippen molar-refractivity contribution in [2.24, 2.45) is 5.92 Å². The van der Waals surface area contributed by atoms with E-state index in [-0.39, 0.29) is 0 Å². The van der Waals surface area contributed by atoms with Crippen LogP contribution in [-0.4, -0.2) is 0 Å². The van der Waals surface area contributed by atoms with Gasteiger partial charge in [-0.1, -0.05) is 163 Å². The fourth-order valence-electron chi connectivity index (χ4n) is 8.00. The Balaban J connectivity index is 0.910. The zero-order valence-electron chi connectivity index (χ0n) is 31.5. The monoisotopic (exact) mass is 720 g/mol. The summed E-state index contributed by atoms with van der Waals surface area (Å²) in [5, 5.41) is 0. The van der Waals surface area contributed by atoms with Crippen molar-refractivity contribution >= 4 is 34.0 Å². The lowest BCUT2D eigenvalue weighted by atomic mass is 9.84. The van der Waals surface area contributed by atoms with E-state index in [0.717, 1.165) is 36.3 Å². The van der Waals surface area contributed by atoms with Gasteiger partial charge >= 0.3 is 0 Å². The van der Waals surface area contributed by atoms with Crippen LogP contribution in [0.1, 0.15) is 24.8 Å². The number of nitrogens with zero attached hydrogens (tertiary/aromatic N) is 2. The van der Waals surface area contributed by atoms with Gasteiger partial charge < -0.3 is 9.80 Å². The molecule has 0 heterocycles. The molecule has 0 spiro atoms. The van der Waals surface area contributed by atoms with Gasteiger partial charge in [0.25, 0.3) is 0 Å². The topological polar surface area (TPSA) is 6.48 Å². The van der Waals surface area contributed by atoms with Crippen LogP contribution in [0.5, 0.6) is 0 Å². The van der Waals surface area contributed by atoms with Crippen LogP contribution in [-0.2, 0) is 0 Å². The van der Waals surface area contributed by atoms with Crippen LogP contribution in [0.15, 0.2) is 236 Å². The number of rotatable bonds is 10. The van der Waals surface area contributed by atoms with Gasteiger partial charge in [-0.25, -0.2) is 0 Å². The average Bonchev–Trinajstić information content (AvgIpc) is 3.29. The zero-order chi connectivity index (χ0) is 37.5. The molecule has 9 rings (SSSR count). The normalized spacial score (nSPS) is 15.0. The van der Waals surface area contributed by atoms with E-state index in [2.05, 4.69) is 234 Å². The summed E-state index contributed by atoms with van der Waals surface area (Å²) in [5.74, 6) is 0.415. The van der Waals surface area contributed by atoms with Gasteiger partial charge in [0.15, 0.2) is 0 Å². The molecule has 0 fully saturated rings. The maximum absolute atomic E-state index is 2.42. The molecule has 7 aromatic rings. The number of allylic oxidation sites excluding steroid dienone is 8. The number of hydrogen-bond acceptors (Lipinski definition) is 2. The molecule has 270 valence electrons. The van der Waals surface area contributed by atoms with Gasteiger partial charge in [0.2, 0.25) is 0 Å². The van der Waals surface area contributed by atoms with E-state index in [4.69, 9.17) is 0 Å². The summed E-state index contributed by atoms with van der Waals surface area (Å²) in [7, 11) is 0. The highest BCUT2D eigenvalue weighted by Crippen LogP contribution is 2.40. The fraction of sp³-hybridized carbons (Fsp3) is 0.0741. The molecule has 0 amide bonds. The Bertz CT molecular complexity index is 2500. The molecule has 2 nitrogen and oxygen atoms in total. The second-order valence-electron chi connectivity index (χ2n) is 14.5. The first-order valence-corrected chi connectivity index (χ1v) is 19.7. The third-order valence-corrected chi connectivity index (χ3v) is 11.0. The maximum Gasteiger partial charge on any atom is 0.0462 e. The van der Waals surface area contributed by atoms with E-state index in [1.54, 1.807) is 0 Å². The predicted octanol–water partition coefficient (Wildman–Crippen LogP) is 14.9. The van der Waals surface area contributed by atoms with Gasteiger partial charge in [-0.05, 0) is 119 Å². The van der Waals surface area contributed by atoms with E-state index in [1.165, 1.54) is 56.0 Å². The lowest BCUT2D eigenvalue weighted by molar-refractivity contribution is 0.700. The molecule has 56 heavy (non-hydrogen) atoms. The Morgan fingerprint density at radius 1 is 0.357 bits per heavy atom. The highest BCUT2D eigenvalue weighted by molar-refractivity contribution is 5.81. The lowest BCUT2D eigenvalue weighted by Gasteiger charge is -2.31. The molecule has 2 aliphatic carbocycles. The van der Waals surface area contributed by atoms with E-state index < -0.39 is 0 Å². The second kappa shape index (κ2) is 16.2. The quantitative estimate of drug-likeness (QED) is 0.139. The van der Waals surface area contributed by atoms with Crippen molar-refractivity contribution < 1.29 is 0 Å². The first-order valence-electron chi connectivity index (χ1n) is 19.7. The third kappa shape index (κ3) is 7.56. The summed E-state index contributed by atoms with van der Waals surface area (Å²) < 4.78 is 0. The van der Waals surface area contributed by atoms with Crippen molar-refractivity contribution in [3.8, 4) is 22.3 Å². The maximum atomic E-state index is 2.42. The van der Waals surface area contributed by atoms with Crippen LogP contribution in [0.2, 0.25) is 0 Å². The molecule has 0 aromatic heterocycles. The van der Waals surface area contributed by atoms with Crippen molar-refractivity contribution in [2.75, 3.05) is 9.80 Å². The summed E-state index contributed by atoms with van der Waals surface area (Å²) in [5.41, 5.74) is 16.0. The molecular formula is C54H44N2. The molecule has 2 heteroatoms. The average molecular weight is 721 g/mol.